The lowest BCUT2D eigenvalue weighted by Gasteiger charge is -2.07. The SMILES string of the molecule is CCC=CCc1ccc(C(=O)N=C(N)N)cc1S(C)(=O)=O. The topological polar surface area (TPSA) is 116 Å². The van der Waals surface area contributed by atoms with Gasteiger partial charge in [-0.3, -0.25) is 4.79 Å². The summed E-state index contributed by atoms with van der Waals surface area (Å²) in [5.41, 5.74) is 11.0. The second-order valence-corrected chi connectivity index (χ2v) is 6.50. The zero-order chi connectivity index (χ0) is 16.0. The van der Waals surface area contributed by atoms with Gasteiger partial charge in [0.2, 0.25) is 0 Å². The molecule has 1 amide bonds. The van der Waals surface area contributed by atoms with E-state index in [4.69, 9.17) is 11.5 Å². The summed E-state index contributed by atoms with van der Waals surface area (Å²) in [5.74, 6) is -1.04. The molecule has 0 aliphatic heterocycles. The van der Waals surface area contributed by atoms with Crippen LogP contribution >= 0.6 is 0 Å². The van der Waals surface area contributed by atoms with Crippen LogP contribution in [-0.2, 0) is 16.3 Å². The fourth-order valence-electron chi connectivity index (χ4n) is 1.76. The number of nitrogens with zero attached hydrogens (tertiary/aromatic N) is 1. The Kier molecular flexibility index (Phi) is 5.66. The predicted molar refractivity (Wildman–Crippen MR) is 82.8 cm³/mol. The lowest BCUT2D eigenvalue weighted by molar-refractivity contribution is 0.100. The fraction of sp³-hybridized carbons (Fsp3) is 0.286. The van der Waals surface area contributed by atoms with Crippen LogP contribution in [0.15, 0.2) is 40.2 Å². The first-order valence-corrected chi connectivity index (χ1v) is 8.26. The Morgan fingerprint density at radius 2 is 1.95 bits per heavy atom. The molecule has 1 aromatic carbocycles. The molecule has 114 valence electrons. The highest BCUT2D eigenvalue weighted by atomic mass is 32.2. The maximum Gasteiger partial charge on any atom is 0.280 e. The largest absolute Gasteiger partial charge is 0.370 e. The van der Waals surface area contributed by atoms with Gasteiger partial charge in [-0.1, -0.05) is 25.1 Å². The number of nitrogens with two attached hydrogens (primary N) is 2. The van der Waals surface area contributed by atoms with Crippen molar-refractivity contribution in [1.82, 2.24) is 0 Å². The van der Waals surface area contributed by atoms with Crippen LogP contribution in [0.5, 0.6) is 0 Å². The van der Waals surface area contributed by atoms with Crippen LogP contribution in [0.25, 0.3) is 0 Å². The van der Waals surface area contributed by atoms with E-state index in [0.29, 0.717) is 12.0 Å². The maximum atomic E-state index is 11.9. The summed E-state index contributed by atoms with van der Waals surface area (Å²) in [6, 6.07) is 4.42. The Morgan fingerprint density at radius 1 is 1.29 bits per heavy atom. The number of sulfone groups is 1. The van der Waals surface area contributed by atoms with Crippen molar-refractivity contribution >= 4 is 21.7 Å². The molecular weight excluding hydrogens is 290 g/mol. The van der Waals surface area contributed by atoms with E-state index in [1.807, 2.05) is 19.1 Å². The summed E-state index contributed by atoms with van der Waals surface area (Å²) in [6.07, 6.45) is 6.29. The van der Waals surface area contributed by atoms with Gasteiger partial charge in [0.1, 0.15) is 0 Å². The standard InChI is InChI=1S/C14H19N3O3S/c1-3-4-5-6-10-7-8-11(13(18)17-14(15)16)9-12(10)21(2,19)20/h4-5,7-9H,3,6H2,1-2H3,(H4,15,16,17,18). The van der Waals surface area contributed by atoms with Crippen molar-refractivity contribution in [2.24, 2.45) is 16.5 Å². The number of guanidine groups is 1. The number of hydrogen-bond donors (Lipinski definition) is 2. The first-order valence-electron chi connectivity index (χ1n) is 6.37. The molecule has 0 radical (unpaired) electrons. The monoisotopic (exact) mass is 309 g/mol. The predicted octanol–water partition coefficient (Wildman–Crippen LogP) is 1.01. The molecule has 7 heteroatoms. The van der Waals surface area contributed by atoms with Gasteiger partial charge >= 0.3 is 0 Å². The van der Waals surface area contributed by atoms with Crippen molar-refractivity contribution in [2.45, 2.75) is 24.7 Å². The third-order valence-corrected chi connectivity index (χ3v) is 3.86. The van der Waals surface area contributed by atoms with E-state index < -0.39 is 15.7 Å². The number of allylic oxidation sites excluding steroid dienone is 2. The zero-order valence-electron chi connectivity index (χ0n) is 12.0. The summed E-state index contributed by atoms with van der Waals surface area (Å²) < 4.78 is 23.7. The summed E-state index contributed by atoms with van der Waals surface area (Å²) in [4.78, 5) is 15.3. The molecule has 0 heterocycles. The highest BCUT2D eigenvalue weighted by Crippen LogP contribution is 2.19. The first-order chi connectivity index (χ1) is 9.75. The zero-order valence-corrected chi connectivity index (χ0v) is 12.9. The molecule has 1 aromatic rings. The van der Waals surface area contributed by atoms with Crippen LogP contribution in [0.1, 0.15) is 29.3 Å². The van der Waals surface area contributed by atoms with E-state index in [2.05, 4.69) is 4.99 Å². The highest BCUT2D eigenvalue weighted by molar-refractivity contribution is 7.90. The minimum Gasteiger partial charge on any atom is -0.370 e. The summed E-state index contributed by atoms with van der Waals surface area (Å²) in [6.45, 7) is 1.99. The molecule has 0 unspecified atom stereocenters. The van der Waals surface area contributed by atoms with Crippen LogP contribution < -0.4 is 11.5 Å². The smallest absolute Gasteiger partial charge is 0.280 e. The average molecular weight is 309 g/mol. The molecule has 0 spiro atoms. The lowest BCUT2D eigenvalue weighted by atomic mass is 10.1. The van der Waals surface area contributed by atoms with Crippen molar-refractivity contribution in [3.8, 4) is 0 Å². The van der Waals surface area contributed by atoms with Crippen LogP contribution in [0.3, 0.4) is 0 Å². The number of rotatable bonds is 5. The molecule has 0 fully saturated rings. The van der Waals surface area contributed by atoms with Gasteiger partial charge in [0, 0.05) is 11.8 Å². The molecule has 6 nitrogen and oxygen atoms in total. The van der Waals surface area contributed by atoms with E-state index >= 15 is 0 Å². The third kappa shape index (κ3) is 5.03. The average Bonchev–Trinajstić information content (AvgIpc) is 2.37. The van der Waals surface area contributed by atoms with Crippen molar-refractivity contribution in [2.75, 3.05) is 6.26 Å². The summed E-state index contributed by atoms with van der Waals surface area (Å²) in [7, 11) is -3.45. The lowest BCUT2D eigenvalue weighted by Crippen LogP contribution is -2.24. The van der Waals surface area contributed by atoms with Crippen LogP contribution in [0.2, 0.25) is 0 Å². The van der Waals surface area contributed by atoms with E-state index in [0.717, 1.165) is 12.7 Å². The highest BCUT2D eigenvalue weighted by Gasteiger charge is 2.16. The fourth-order valence-corrected chi connectivity index (χ4v) is 2.73. The maximum absolute atomic E-state index is 11.9. The van der Waals surface area contributed by atoms with E-state index in [-0.39, 0.29) is 16.4 Å². The van der Waals surface area contributed by atoms with Crippen LogP contribution in [0, 0.1) is 0 Å². The van der Waals surface area contributed by atoms with E-state index in [1.54, 1.807) is 6.07 Å². The molecule has 0 saturated heterocycles. The van der Waals surface area contributed by atoms with Crippen LogP contribution in [-0.4, -0.2) is 26.5 Å². The quantitative estimate of drug-likeness (QED) is 0.478. The molecule has 0 aliphatic carbocycles. The summed E-state index contributed by atoms with van der Waals surface area (Å²) >= 11 is 0. The number of hydrogen-bond acceptors (Lipinski definition) is 3. The van der Waals surface area contributed by atoms with Gasteiger partial charge < -0.3 is 11.5 Å². The molecule has 0 aromatic heterocycles. The third-order valence-electron chi connectivity index (χ3n) is 2.68. The van der Waals surface area contributed by atoms with Crippen molar-refractivity contribution in [1.29, 1.82) is 0 Å². The number of carbonyl (C=O) groups excluding carboxylic acids is 1. The molecular formula is C14H19N3O3S. The summed E-state index contributed by atoms with van der Waals surface area (Å²) in [5, 5.41) is 0. The van der Waals surface area contributed by atoms with Gasteiger partial charge in [0.05, 0.1) is 4.90 Å². The molecule has 0 atom stereocenters. The number of benzene rings is 1. The Balaban J connectivity index is 3.29. The molecule has 0 aliphatic rings. The van der Waals surface area contributed by atoms with Gasteiger partial charge in [0.25, 0.3) is 5.91 Å². The van der Waals surface area contributed by atoms with Gasteiger partial charge in [-0.05, 0) is 30.5 Å². The van der Waals surface area contributed by atoms with Crippen molar-refractivity contribution < 1.29 is 13.2 Å². The van der Waals surface area contributed by atoms with Crippen molar-refractivity contribution in [3.05, 3.63) is 41.5 Å². The van der Waals surface area contributed by atoms with Gasteiger partial charge in [-0.15, -0.1) is 0 Å². The minimum atomic E-state index is -3.45. The molecule has 0 bridgehead atoms. The number of aliphatic imine (C=N–C) groups is 1. The van der Waals surface area contributed by atoms with Gasteiger partial charge in [-0.25, -0.2) is 8.42 Å². The van der Waals surface area contributed by atoms with Gasteiger partial charge in [0.15, 0.2) is 15.8 Å². The van der Waals surface area contributed by atoms with E-state index in [9.17, 15) is 13.2 Å². The number of carbonyl (C=O) groups is 1. The molecule has 0 saturated carbocycles. The number of amides is 1. The molecule has 21 heavy (non-hydrogen) atoms. The molecule has 4 N–H and O–H groups in total. The Labute approximate surface area is 124 Å². The van der Waals surface area contributed by atoms with Crippen LogP contribution in [0.4, 0.5) is 0 Å². The first kappa shape index (κ1) is 16.9. The normalized spacial score (nSPS) is 11.5. The Bertz CT molecular complexity index is 687. The Hall–Kier alpha value is -2.15. The van der Waals surface area contributed by atoms with Crippen molar-refractivity contribution in [3.63, 3.8) is 0 Å². The molecule has 1 rings (SSSR count). The Morgan fingerprint density at radius 3 is 2.48 bits per heavy atom. The van der Waals surface area contributed by atoms with E-state index in [1.165, 1.54) is 12.1 Å². The minimum absolute atomic E-state index is 0.111. The second kappa shape index (κ2) is 7.03. The van der Waals surface area contributed by atoms with Gasteiger partial charge in [-0.2, -0.15) is 4.99 Å². The second-order valence-electron chi connectivity index (χ2n) is 4.52.